The van der Waals surface area contributed by atoms with E-state index < -0.39 is 5.97 Å². The Morgan fingerprint density at radius 2 is 1.85 bits per heavy atom. The number of hydrogen-bond donors (Lipinski definition) is 3. The summed E-state index contributed by atoms with van der Waals surface area (Å²) in [6.07, 6.45) is 1.90. The van der Waals surface area contributed by atoms with Crippen molar-refractivity contribution in [3.8, 4) is 5.75 Å². The largest absolute Gasteiger partial charge is 0.484 e. The van der Waals surface area contributed by atoms with E-state index in [0.717, 1.165) is 18.4 Å². The number of rotatable bonds is 11. The molecule has 27 heavy (non-hydrogen) atoms. The van der Waals surface area contributed by atoms with Crippen LogP contribution in [0.1, 0.15) is 28.8 Å². The molecular formula is C20H24N2O5. The monoisotopic (exact) mass is 372 g/mol. The van der Waals surface area contributed by atoms with Crippen LogP contribution in [0.15, 0.2) is 48.5 Å². The Bertz CT molecular complexity index is 746. The van der Waals surface area contributed by atoms with Gasteiger partial charge in [0.25, 0.3) is 5.91 Å². The molecule has 0 atom stereocenters. The summed E-state index contributed by atoms with van der Waals surface area (Å²) in [6, 6.07) is 13.3. The molecule has 144 valence electrons. The quantitative estimate of drug-likeness (QED) is 0.523. The van der Waals surface area contributed by atoms with Gasteiger partial charge in [-0.1, -0.05) is 18.2 Å². The van der Waals surface area contributed by atoms with Gasteiger partial charge in [-0.15, -0.1) is 0 Å². The molecule has 0 spiro atoms. The van der Waals surface area contributed by atoms with Crippen LogP contribution < -0.4 is 15.8 Å². The van der Waals surface area contributed by atoms with Crippen molar-refractivity contribution in [3.05, 3.63) is 59.7 Å². The van der Waals surface area contributed by atoms with Crippen LogP contribution in [-0.2, 0) is 16.1 Å². The second-order valence-electron chi connectivity index (χ2n) is 5.92. The summed E-state index contributed by atoms with van der Waals surface area (Å²) in [7, 11) is 0. The summed E-state index contributed by atoms with van der Waals surface area (Å²) < 4.78 is 11.0. The smallest absolute Gasteiger partial charge is 0.335 e. The zero-order valence-electron chi connectivity index (χ0n) is 15.0. The van der Waals surface area contributed by atoms with Gasteiger partial charge in [-0.25, -0.2) is 4.79 Å². The van der Waals surface area contributed by atoms with E-state index in [1.54, 1.807) is 24.3 Å². The zero-order valence-corrected chi connectivity index (χ0v) is 15.0. The Morgan fingerprint density at radius 1 is 1.07 bits per heavy atom. The second kappa shape index (κ2) is 10.9. The molecule has 0 saturated heterocycles. The number of nitrogens with two attached hydrogens (primary N) is 1. The molecule has 0 bridgehead atoms. The number of nitrogens with one attached hydrogen (secondary N) is 1. The number of unbranched alkanes of at least 4 members (excludes halogenated alkanes) is 1. The summed E-state index contributed by atoms with van der Waals surface area (Å²) in [4.78, 5) is 22.9. The highest BCUT2D eigenvalue weighted by molar-refractivity contribution is 5.94. The van der Waals surface area contributed by atoms with E-state index in [2.05, 4.69) is 5.32 Å². The fourth-order valence-corrected chi connectivity index (χ4v) is 2.30. The number of carboxylic acids is 1. The first-order chi connectivity index (χ1) is 13.1. The minimum Gasteiger partial charge on any atom is -0.484 e. The van der Waals surface area contributed by atoms with Gasteiger partial charge < -0.3 is 25.6 Å². The minimum absolute atomic E-state index is 0.106. The molecule has 7 nitrogen and oxygen atoms in total. The number of hydrogen-bond acceptors (Lipinski definition) is 5. The predicted octanol–water partition coefficient (Wildman–Crippen LogP) is 2.66. The van der Waals surface area contributed by atoms with E-state index in [1.165, 1.54) is 12.1 Å². The van der Waals surface area contributed by atoms with Gasteiger partial charge in [0, 0.05) is 12.3 Å². The molecule has 0 fully saturated rings. The summed E-state index contributed by atoms with van der Waals surface area (Å²) in [5.41, 5.74) is 6.96. The Balaban J connectivity index is 1.75. The van der Waals surface area contributed by atoms with Gasteiger partial charge in [0.15, 0.2) is 6.61 Å². The van der Waals surface area contributed by atoms with E-state index in [0.29, 0.717) is 31.2 Å². The van der Waals surface area contributed by atoms with Crippen molar-refractivity contribution in [1.82, 2.24) is 0 Å². The van der Waals surface area contributed by atoms with Crippen LogP contribution in [0.2, 0.25) is 0 Å². The van der Waals surface area contributed by atoms with Crippen LogP contribution in [0, 0.1) is 0 Å². The number of aromatic carboxylic acids is 1. The van der Waals surface area contributed by atoms with Crippen LogP contribution in [0.25, 0.3) is 0 Å². The maximum atomic E-state index is 11.9. The number of amides is 1. The molecule has 7 heteroatoms. The van der Waals surface area contributed by atoms with Gasteiger partial charge in [-0.3, -0.25) is 4.79 Å². The summed E-state index contributed by atoms with van der Waals surface area (Å²) in [5.74, 6) is -0.855. The third-order valence-corrected chi connectivity index (χ3v) is 3.70. The molecule has 4 N–H and O–H groups in total. The molecular weight excluding hydrogens is 348 g/mol. The number of carbonyl (C=O) groups excluding carboxylic acids is 1. The Labute approximate surface area is 158 Å². The number of ether oxygens (including phenoxy) is 2. The van der Waals surface area contributed by atoms with E-state index in [9.17, 15) is 9.59 Å². The van der Waals surface area contributed by atoms with E-state index >= 15 is 0 Å². The predicted molar refractivity (Wildman–Crippen MR) is 102 cm³/mol. The molecule has 0 radical (unpaired) electrons. The minimum atomic E-state index is -1.05. The highest BCUT2D eigenvalue weighted by Crippen LogP contribution is 2.14. The summed E-state index contributed by atoms with van der Waals surface area (Å²) in [6.45, 7) is 1.70. The number of carbonyl (C=O) groups is 2. The fourth-order valence-electron chi connectivity index (χ4n) is 2.30. The Morgan fingerprint density at radius 3 is 2.56 bits per heavy atom. The highest BCUT2D eigenvalue weighted by atomic mass is 16.5. The van der Waals surface area contributed by atoms with Gasteiger partial charge in [-0.2, -0.15) is 0 Å². The maximum Gasteiger partial charge on any atom is 0.335 e. The Kier molecular flexibility index (Phi) is 8.28. The third-order valence-electron chi connectivity index (χ3n) is 3.70. The lowest BCUT2D eigenvalue weighted by Gasteiger charge is -2.09. The average Bonchev–Trinajstić information content (AvgIpc) is 2.67. The molecule has 2 rings (SSSR count). The number of benzene rings is 2. The van der Waals surface area contributed by atoms with E-state index in [1.807, 2.05) is 12.1 Å². The standard InChI is InChI=1S/C20H24N2O5/c21-10-1-2-11-26-13-15-6-8-18(9-7-15)27-14-19(23)22-17-5-3-4-16(12-17)20(24)25/h3-9,12H,1-2,10-11,13-14,21H2,(H,22,23)(H,24,25). The first-order valence-electron chi connectivity index (χ1n) is 8.71. The molecule has 0 aliphatic heterocycles. The zero-order chi connectivity index (χ0) is 19.5. The molecule has 0 heterocycles. The van der Waals surface area contributed by atoms with Crippen molar-refractivity contribution in [3.63, 3.8) is 0 Å². The van der Waals surface area contributed by atoms with E-state index in [-0.39, 0.29) is 18.1 Å². The molecule has 0 unspecified atom stereocenters. The molecule has 0 aliphatic carbocycles. The van der Waals surface area contributed by atoms with Gasteiger partial charge in [-0.05, 0) is 55.3 Å². The van der Waals surface area contributed by atoms with Gasteiger partial charge in [0.2, 0.25) is 0 Å². The van der Waals surface area contributed by atoms with Crippen molar-refractivity contribution in [2.75, 3.05) is 25.1 Å². The van der Waals surface area contributed by atoms with Crippen molar-refractivity contribution in [1.29, 1.82) is 0 Å². The van der Waals surface area contributed by atoms with Gasteiger partial charge in [0.05, 0.1) is 12.2 Å². The SMILES string of the molecule is NCCCCOCc1ccc(OCC(=O)Nc2cccc(C(=O)O)c2)cc1. The van der Waals surface area contributed by atoms with Crippen LogP contribution in [-0.4, -0.2) is 36.7 Å². The molecule has 2 aromatic rings. The van der Waals surface area contributed by atoms with Gasteiger partial charge in [0.1, 0.15) is 5.75 Å². The fraction of sp³-hybridized carbons (Fsp3) is 0.300. The van der Waals surface area contributed by atoms with Crippen LogP contribution >= 0.6 is 0 Å². The normalized spacial score (nSPS) is 10.4. The average molecular weight is 372 g/mol. The van der Waals surface area contributed by atoms with Crippen molar-refractivity contribution >= 4 is 17.6 Å². The maximum absolute atomic E-state index is 11.9. The topological polar surface area (TPSA) is 111 Å². The third kappa shape index (κ3) is 7.47. The number of carboxylic acid groups (broad SMARTS) is 1. The molecule has 1 amide bonds. The molecule has 0 saturated carbocycles. The lowest BCUT2D eigenvalue weighted by atomic mass is 10.2. The summed E-state index contributed by atoms with van der Waals surface area (Å²) in [5, 5.41) is 11.6. The van der Waals surface area contributed by atoms with Crippen LogP contribution in [0.3, 0.4) is 0 Å². The Hall–Kier alpha value is -2.90. The highest BCUT2D eigenvalue weighted by Gasteiger charge is 2.07. The van der Waals surface area contributed by atoms with Crippen molar-refractivity contribution in [2.24, 2.45) is 5.73 Å². The molecule has 2 aromatic carbocycles. The second-order valence-corrected chi connectivity index (χ2v) is 5.92. The van der Waals surface area contributed by atoms with Crippen molar-refractivity contribution in [2.45, 2.75) is 19.4 Å². The van der Waals surface area contributed by atoms with Crippen molar-refractivity contribution < 1.29 is 24.2 Å². The van der Waals surface area contributed by atoms with Gasteiger partial charge >= 0.3 is 5.97 Å². The lowest BCUT2D eigenvalue weighted by Crippen LogP contribution is -2.20. The van der Waals surface area contributed by atoms with Crippen LogP contribution in [0.5, 0.6) is 5.75 Å². The first kappa shape index (κ1) is 20.4. The summed E-state index contributed by atoms with van der Waals surface area (Å²) >= 11 is 0. The van der Waals surface area contributed by atoms with E-state index in [4.69, 9.17) is 20.3 Å². The molecule has 0 aliphatic rings. The molecule has 0 aromatic heterocycles. The van der Waals surface area contributed by atoms with Crippen LogP contribution in [0.4, 0.5) is 5.69 Å². The number of anilines is 1. The lowest BCUT2D eigenvalue weighted by molar-refractivity contribution is -0.118. The first-order valence-corrected chi connectivity index (χ1v) is 8.71.